The fourth-order valence-corrected chi connectivity index (χ4v) is 1.38. The van der Waals surface area contributed by atoms with Gasteiger partial charge in [-0.25, -0.2) is 4.99 Å². The maximum absolute atomic E-state index is 6.09. The van der Waals surface area contributed by atoms with Crippen LogP contribution in [0.2, 0.25) is 0 Å². The number of rotatable bonds is 1. The van der Waals surface area contributed by atoms with Crippen LogP contribution in [0.5, 0.6) is 0 Å². The highest BCUT2D eigenvalue weighted by Gasteiger charge is 2.30. The molecular weight excluding hydrogens is 176 g/mol. The number of hydrogen-bond acceptors (Lipinski definition) is 4. The molecule has 0 bridgehead atoms. The van der Waals surface area contributed by atoms with Gasteiger partial charge in [0.05, 0.1) is 12.0 Å². The molecule has 0 saturated carbocycles. The van der Waals surface area contributed by atoms with E-state index in [1.807, 2.05) is 30.3 Å². The van der Waals surface area contributed by atoms with E-state index in [0.717, 1.165) is 5.56 Å². The Bertz CT molecular complexity index is 382. The number of benzene rings is 1. The molecule has 0 radical (unpaired) electrons. The Labute approximate surface area is 82.3 Å². The van der Waals surface area contributed by atoms with Crippen LogP contribution in [0, 0.1) is 0 Å². The maximum Gasteiger partial charge on any atom is 0.177 e. The van der Waals surface area contributed by atoms with Crippen molar-refractivity contribution in [3.05, 3.63) is 47.8 Å². The van der Waals surface area contributed by atoms with Crippen molar-refractivity contribution in [3.8, 4) is 0 Å². The zero-order chi connectivity index (χ0) is 10.0. The molecule has 2 rings (SSSR count). The summed E-state index contributed by atoms with van der Waals surface area (Å²) < 4.78 is 0. The number of nitrogens with two attached hydrogens (primary N) is 2. The van der Waals surface area contributed by atoms with E-state index in [1.54, 1.807) is 12.5 Å². The lowest BCUT2D eigenvalue weighted by Gasteiger charge is -2.28. The lowest BCUT2D eigenvalue weighted by molar-refractivity contribution is 0.539. The fraction of sp³-hybridized carbons (Fsp3) is 0.100. The number of hydrogen-bond donors (Lipinski definition) is 3. The average Bonchev–Trinajstić information content (AvgIpc) is 2.24. The van der Waals surface area contributed by atoms with Crippen molar-refractivity contribution in [1.29, 1.82) is 0 Å². The lowest BCUT2D eigenvalue weighted by atomic mass is 9.97. The molecule has 5 N–H and O–H groups in total. The minimum Gasteiger partial charge on any atom is -0.397 e. The molecule has 1 aromatic rings. The van der Waals surface area contributed by atoms with Crippen LogP contribution in [0.15, 0.2) is 47.2 Å². The largest absolute Gasteiger partial charge is 0.397 e. The molecule has 0 fully saturated rings. The zero-order valence-electron chi connectivity index (χ0n) is 7.64. The molecule has 0 amide bonds. The molecule has 4 heteroatoms. The van der Waals surface area contributed by atoms with E-state index < -0.39 is 5.66 Å². The van der Waals surface area contributed by atoms with E-state index in [1.165, 1.54) is 0 Å². The van der Waals surface area contributed by atoms with E-state index in [9.17, 15) is 0 Å². The van der Waals surface area contributed by atoms with Gasteiger partial charge in [-0.2, -0.15) is 0 Å². The molecule has 0 aromatic heterocycles. The van der Waals surface area contributed by atoms with Crippen molar-refractivity contribution in [1.82, 2.24) is 5.32 Å². The highest BCUT2D eigenvalue weighted by Crippen LogP contribution is 2.25. The first-order valence-electron chi connectivity index (χ1n) is 4.34. The molecular formula is C10H12N4. The van der Waals surface area contributed by atoms with E-state index >= 15 is 0 Å². The van der Waals surface area contributed by atoms with Crippen LogP contribution in [-0.4, -0.2) is 6.34 Å². The predicted octanol–water partition coefficient (Wildman–Crippen LogP) is 0.230. The van der Waals surface area contributed by atoms with Crippen LogP contribution in [0.4, 0.5) is 0 Å². The average molecular weight is 188 g/mol. The summed E-state index contributed by atoms with van der Waals surface area (Å²) in [4.78, 5) is 4.16. The predicted molar refractivity (Wildman–Crippen MR) is 56.2 cm³/mol. The third-order valence-electron chi connectivity index (χ3n) is 2.24. The molecule has 72 valence electrons. The number of nitrogens with one attached hydrogen (secondary N) is 1. The van der Waals surface area contributed by atoms with Crippen LogP contribution in [0.25, 0.3) is 0 Å². The van der Waals surface area contributed by atoms with E-state index in [0.29, 0.717) is 5.70 Å². The SMILES string of the molecule is NC1=CNC=NC1(N)c1ccccc1. The second-order valence-electron chi connectivity index (χ2n) is 3.16. The van der Waals surface area contributed by atoms with Gasteiger partial charge in [0.15, 0.2) is 5.66 Å². The first kappa shape index (κ1) is 8.77. The summed E-state index contributed by atoms with van der Waals surface area (Å²) in [5.41, 5.74) is 12.4. The van der Waals surface area contributed by atoms with Crippen molar-refractivity contribution in [2.45, 2.75) is 5.66 Å². The minimum atomic E-state index is -0.924. The smallest absolute Gasteiger partial charge is 0.177 e. The molecule has 1 aliphatic heterocycles. The molecule has 1 aliphatic rings. The Hall–Kier alpha value is -1.81. The molecule has 1 unspecified atom stereocenters. The summed E-state index contributed by atoms with van der Waals surface area (Å²) in [5, 5.41) is 2.80. The van der Waals surface area contributed by atoms with E-state index in [2.05, 4.69) is 10.3 Å². The van der Waals surface area contributed by atoms with Crippen molar-refractivity contribution >= 4 is 6.34 Å². The van der Waals surface area contributed by atoms with Gasteiger partial charge in [-0.05, 0) is 5.56 Å². The van der Waals surface area contributed by atoms with Gasteiger partial charge < -0.3 is 11.1 Å². The standard InChI is InChI=1S/C10H12N4/c11-9-6-13-7-14-10(9,12)8-4-2-1-3-5-8/h1-7H,11-12H2,(H,13,14). The van der Waals surface area contributed by atoms with Crippen LogP contribution < -0.4 is 16.8 Å². The van der Waals surface area contributed by atoms with Gasteiger partial charge in [-0.15, -0.1) is 0 Å². The van der Waals surface area contributed by atoms with Crippen LogP contribution in [-0.2, 0) is 5.66 Å². The lowest BCUT2D eigenvalue weighted by Crippen LogP contribution is -2.43. The summed E-state index contributed by atoms with van der Waals surface area (Å²) in [7, 11) is 0. The highest BCUT2D eigenvalue weighted by molar-refractivity contribution is 5.60. The molecule has 4 nitrogen and oxygen atoms in total. The van der Waals surface area contributed by atoms with E-state index in [-0.39, 0.29) is 0 Å². The van der Waals surface area contributed by atoms with Crippen molar-refractivity contribution < 1.29 is 0 Å². The summed E-state index contributed by atoms with van der Waals surface area (Å²) >= 11 is 0. The molecule has 0 spiro atoms. The van der Waals surface area contributed by atoms with Crippen molar-refractivity contribution in [3.63, 3.8) is 0 Å². The van der Waals surface area contributed by atoms with Gasteiger partial charge >= 0.3 is 0 Å². The second kappa shape index (κ2) is 3.16. The van der Waals surface area contributed by atoms with Gasteiger partial charge in [0.1, 0.15) is 0 Å². The Kier molecular flexibility index (Phi) is 1.98. The molecule has 0 aliphatic carbocycles. The minimum absolute atomic E-state index is 0.506. The normalized spacial score (nSPS) is 25.4. The quantitative estimate of drug-likeness (QED) is 0.590. The zero-order valence-corrected chi connectivity index (χ0v) is 7.64. The molecule has 0 saturated heterocycles. The number of nitrogens with zero attached hydrogens (tertiary/aromatic N) is 1. The van der Waals surface area contributed by atoms with Gasteiger partial charge in [0.25, 0.3) is 0 Å². The Morgan fingerprint density at radius 2 is 1.93 bits per heavy atom. The van der Waals surface area contributed by atoms with Gasteiger partial charge in [0, 0.05) is 6.20 Å². The Balaban J connectivity index is 2.46. The van der Waals surface area contributed by atoms with Gasteiger partial charge in [0.2, 0.25) is 0 Å². The maximum atomic E-state index is 6.09. The third kappa shape index (κ3) is 1.25. The van der Waals surface area contributed by atoms with Crippen molar-refractivity contribution in [2.24, 2.45) is 16.5 Å². The summed E-state index contributed by atoms with van der Waals surface area (Å²) in [6, 6.07) is 9.56. The van der Waals surface area contributed by atoms with Crippen LogP contribution in [0.3, 0.4) is 0 Å². The first-order valence-corrected chi connectivity index (χ1v) is 4.34. The Morgan fingerprint density at radius 3 is 2.57 bits per heavy atom. The summed E-state index contributed by atoms with van der Waals surface area (Å²) in [5.74, 6) is 0. The fourth-order valence-electron chi connectivity index (χ4n) is 1.38. The van der Waals surface area contributed by atoms with E-state index in [4.69, 9.17) is 11.5 Å². The summed E-state index contributed by atoms with van der Waals surface area (Å²) in [6.07, 6.45) is 3.20. The summed E-state index contributed by atoms with van der Waals surface area (Å²) in [6.45, 7) is 0. The Morgan fingerprint density at radius 1 is 1.21 bits per heavy atom. The van der Waals surface area contributed by atoms with Crippen LogP contribution >= 0.6 is 0 Å². The topological polar surface area (TPSA) is 76.4 Å². The van der Waals surface area contributed by atoms with Crippen LogP contribution in [0.1, 0.15) is 5.56 Å². The monoisotopic (exact) mass is 188 g/mol. The van der Waals surface area contributed by atoms with Gasteiger partial charge in [-0.3, -0.25) is 5.73 Å². The third-order valence-corrected chi connectivity index (χ3v) is 2.24. The molecule has 1 aromatic carbocycles. The van der Waals surface area contributed by atoms with Crippen molar-refractivity contribution in [2.75, 3.05) is 0 Å². The number of aliphatic imine (C=N–C) groups is 1. The highest BCUT2D eigenvalue weighted by atomic mass is 15.1. The second-order valence-corrected chi connectivity index (χ2v) is 3.16. The molecule has 1 atom stereocenters. The van der Waals surface area contributed by atoms with Gasteiger partial charge in [-0.1, -0.05) is 30.3 Å². The molecule has 14 heavy (non-hydrogen) atoms. The molecule has 1 heterocycles. The first-order chi connectivity index (χ1) is 6.73.